The second-order valence-electron chi connectivity index (χ2n) is 7.93. The minimum absolute atomic E-state index is 0.0730. The van der Waals surface area contributed by atoms with Gasteiger partial charge < -0.3 is 14.4 Å². The van der Waals surface area contributed by atoms with Crippen molar-refractivity contribution in [3.05, 3.63) is 62.9 Å². The molecule has 0 radical (unpaired) electrons. The lowest BCUT2D eigenvalue weighted by molar-refractivity contribution is -0.132. The van der Waals surface area contributed by atoms with Crippen LogP contribution in [0.1, 0.15) is 51.2 Å². The van der Waals surface area contributed by atoms with Crippen LogP contribution in [0.3, 0.4) is 0 Å². The van der Waals surface area contributed by atoms with Gasteiger partial charge in [-0.3, -0.25) is 9.48 Å². The lowest BCUT2D eigenvalue weighted by Gasteiger charge is -2.28. The molecule has 1 aromatic carbocycles. The molecule has 0 bridgehead atoms. The molecule has 1 aliphatic heterocycles. The molecular formula is C24H28N4O4S. The number of ether oxygens (including phenoxy) is 2. The van der Waals surface area contributed by atoms with Gasteiger partial charge in [-0.1, -0.05) is 12.1 Å². The van der Waals surface area contributed by atoms with Crippen molar-refractivity contribution in [3.8, 4) is 5.75 Å². The average Bonchev–Trinajstić information content (AvgIpc) is 3.40. The normalized spacial score (nSPS) is 13.0. The van der Waals surface area contributed by atoms with Gasteiger partial charge in [0.2, 0.25) is 5.91 Å². The number of benzene rings is 1. The van der Waals surface area contributed by atoms with E-state index in [1.54, 1.807) is 25.4 Å². The molecular weight excluding hydrogens is 440 g/mol. The summed E-state index contributed by atoms with van der Waals surface area (Å²) in [4.78, 5) is 32.8. The molecule has 1 aliphatic rings. The highest BCUT2D eigenvalue weighted by Gasteiger charge is 2.30. The highest BCUT2D eigenvalue weighted by atomic mass is 32.1. The van der Waals surface area contributed by atoms with E-state index in [1.807, 2.05) is 46.3 Å². The molecule has 8 nitrogen and oxygen atoms in total. The molecule has 0 fully saturated rings. The minimum atomic E-state index is -0.451. The van der Waals surface area contributed by atoms with Crippen LogP contribution in [0.25, 0.3) is 0 Å². The predicted molar refractivity (Wildman–Crippen MR) is 125 cm³/mol. The van der Waals surface area contributed by atoms with E-state index in [9.17, 15) is 9.59 Å². The Morgan fingerprint density at radius 1 is 1.27 bits per heavy atom. The number of esters is 1. The third-order valence-corrected chi connectivity index (χ3v) is 6.83. The lowest BCUT2D eigenvalue weighted by Crippen LogP contribution is -2.37. The van der Waals surface area contributed by atoms with Crippen molar-refractivity contribution < 1.29 is 19.1 Å². The molecule has 3 heterocycles. The summed E-state index contributed by atoms with van der Waals surface area (Å²) in [7, 11) is 1.63. The summed E-state index contributed by atoms with van der Waals surface area (Å²) in [5.41, 5.74) is 5.87. The Morgan fingerprint density at radius 2 is 2.12 bits per heavy atom. The number of aryl methyl sites for hydroxylation is 2. The Kier molecular flexibility index (Phi) is 7.08. The first-order chi connectivity index (χ1) is 16.0. The molecule has 33 heavy (non-hydrogen) atoms. The van der Waals surface area contributed by atoms with Gasteiger partial charge in [-0.25, -0.2) is 9.78 Å². The summed E-state index contributed by atoms with van der Waals surface area (Å²) >= 11 is 1.58. The molecule has 3 aromatic rings. The monoisotopic (exact) mass is 468 g/mol. The first-order valence-electron chi connectivity index (χ1n) is 11.1. The average molecular weight is 469 g/mol. The van der Waals surface area contributed by atoms with E-state index in [2.05, 4.69) is 10.1 Å². The fraction of sp³-hybridized carbons (Fsp3) is 0.417. The summed E-state index contributed by atoms with van der Waals surface area (Å²) in [6.45, 7) is 5.48. The Labute approximate surface area is 197 Å². The van der Waals surface area contributed by atoms with Gasteiger partial charge in [0.25, 0.3) is 0 Å². The fourth-order valence-electron chi connectivity index (χ4n) is 4.09. The summed E-state index contributed by atoms with van der Waals surface area (Å²) in [6, 6.07) is 7.78. The van der Waals surface area contributed by atoms with Crippen molar-refractivity contribution in [1.29, 1.82) is 0 Å². The van der Waals surface area contributed by atoms with Crippen molar-refractivity contribution in [2.75, 3.05) is 20.3 Å². The number of amides is 1. The van der Waals surface area contributed by atoms with Gasteiger partial charge in [0, 0.05) is 42.1 Å². The summed E-state index contributed by atoms with van der Waals surface area (Å²) < 4.78 is 12.4. The number of methoxy groups -OCH3 is 1. The van der Waals surface area contributed by atoms with E-state index < -0.39 is 5.97 Å². The minimum Gasteiger partial charge on any atom is -0.497 e. The molecule has 0 spiro atoms. The molecule has 2 aromatic heterocycles. The molecule has 0 atom stereocenters. The van der Waals surface area contributed by atoms with Gasteiger partial charge >= 0.3 is 5.97 Å². The molecule has 1 amide bonds. The van der Waals surface area contributed by atoms with Gasteiger partial charge in [-0.05, 0) is 38.0 Å². The third-order valence-electron chi connectivity index (χ3n) is 5.83. The highest BCUT2D eigenvalue weighted by Crippen LogP contribution is 2.26. The Bertz CT molecular complexity index is 1150. The molecule has 0 N–H and O–H groups in total. The smallest absolute Gasteiger partial charge is 0.359 e. The predicted octanol–water partition coefficient (Wildman–Crippen LogP) is 3.40. The van der Waals surface area contributed by atoms with E-state index in [0.29, 0.717) is 44.6 Å². The molecule has 0 aliphatic carbocycles. The SMILES string of the molecule is CCOC(=O)c1nn(Cc2cccc(OC)c2)c2c1CN(C(=O)CCc1scnc1C)CC2. The Balaban J connectivity index is 1.55. The van der Waals surface area contributed by atoms with Gasteiger partial charge in [0.15, 0.2) is 5.69 Å². The molecule has 0 saturated carbocycles. The summed E-state index contributed by atoms with van der Waals surface area (Å²) in [6.07, 6.45) is 1.74. The van der Waals surface area contributed by atoms with Gasteiger partial charge in [0.1, 0.15) is 5.75 Å². The summed E-state index contributed by atoms with van der Waals surface area (Å²) in [5.74, 6) is 0.392. The largest absolute Gasteiger partial charge is 0.497 e. The molecule has 0 saturated heterocycles. The number of carbonyl (C=O) groups excluding carboxylic acids is 2. The number of hydrogen-bond acceptors (Lipinski definition) is 7. The van der Waals surface area contributed by atoms with Crippen molar-refractivity contribution in [2.45, 2.75) is 46.2 Å². The Hall–Kier alpha value is -3.20. The quantitative estimate of drug-likeness (QED) is 0.471. The first kappa shape index (κ1) is 23.0. The molecule has 174 valence electrons. The Morgan fingerprint density at radius 3 is 2.85 bits per heavy atom. The second kappa shape index (κ2) is 10.2. The van der Waals surface area contributed by atoms with E-state index in [0.717, 1.165) is 33.1 Å². The zero-order valence-corrected chi connectivity index (χ0v) is 20.0. The van der Waals surface area contributed by atoms with Crippen LogP contribution in [0, 0.1) is 6.92 Å². The lowest BCUT2D eigenvalue weighted by atomic mass is 10.0. The van der Waals surface area contributed by atoms with Gasteiger partial charge in [-0.15, -0.1) is 11.3 Å². The van der Waals surface area contributed by atoms with Crippen molar-refractivity contribution >= 4 is 23.2 Å². The number of hydrogen-bond donors (Lipinski definition) is 0. The van der Waals surface area contributed by atoms with E-state index in [-0.39, 0.29) is 12.5 Å². The van der Waals surface area contributed by atoms with Crippen LogP contribution in [0.5, 0.6) is 5.75 Å². The number of rotatable bonds is 8. The van der Waals surface area contributed by atoms with Crippen LogP contribution in [-0.4, -0.2) is 51.8 Å². The van der Waals surface area contributed by atoms with E-state index >= 15 is 0 Å². The van der Waals surface area contributed by atoms with Crippen LogP contribution in [0.4, 0.5) is 0 Å². The van der Waals surface area contributed by atoms with Crippen LogP contribution >= 0.6 is 11.3 Å². The number of nitrogens with zero attached hydrogens (tertiary/aromatic N) is 4. The number of thiazole rings is 1. The van der Waals surface area contributed by atoms with Crippen molar-refractivity contribution in [3.63, 3.8) is 0 Å². The van der Waals surface area contributed by atoms with Gasteiger partial charge in [0.05, 0.1) is 31.5 Å². The molecule has 0 unspecified atom stereocenters. The maximum atomic E-state index is 12.9. The zero-order valence-electron chi connectivity index (χ0n) is 19.2. The first-order valence-corrected chi connectivity index (χ1v) is 11.9. The van der Waals surface area contributed by atoms with E-state index in [1.165, 1.54) is 0 Å². The number of aromatic nitrogens is 3. The zero-order chi connectivity index (χ0) is 23.4. The third kappa shape index (κ3) is 5.08. The van der Waals surface area contributed by atoms with Crippen molar-refractivity contribution in [1.82, 2.24) is 19.7 Å². The fourth-order valence-corrected chi connectivity index (χ4v) is 4.87. The van der Waals surface area contributed by atoms with Crippen LogP contribution < -0.4 is 4.74 Å². The van der Waals surface area contributed by atoms with Gasteiger partial charge in [-0.2, -0.15) is 5.10 Å². The summed E-state index contributed by atoms with van der Waals surface area (Å²) in [5, 5.41) is 4.61. The molecule has 4 rings (SSSR count). The van der Waals surface area contributed by atoms with Crippen LogP contribution in [-0.2, 0) is 35.5 Å². The maximum Gasteiger partial charge on any atom is 0.359 e. The van der Waals surface area contributed by atoms with Crippen molar-refractivity contribution in [2.24, 2.45) is 0 Å². The standard InChI is InChI=1S/C24H28N4O4S/c1-4-32-24(30)23-19-14-27(22(29)9-8-21-16(2)25-15-33-21)11-10-20(19)28(26-23)13-17-6-5-7-18(12-17)31-3/h5-7,12,15H,4,8-11,13-14H2,1-3H3. The maximum absolute atomic E-state index is 12.9. The topological polar surface area (TPSA) is 86.5 Å². The number of fused-ring (bicyclic) bond motifs is 1. The number of carbonyl (C=O) groups is 2. The van der Waals surface area contributed by atoms with Crippen LogP contribution in [0.15, 0.2) is 29.8 Å². The van der Waals surface area contributed by atoms with Crippen LogP contribution in [0.2, 0.25) is 0 Å². The molecule has 9 heteroatoms. The van der Waals surface area contributed by atoms with E-state index in [4.69, 9.17) is 9.47 Å². The highest BCUT2D eigenvalue weighted by molar-refractivity contribution is 7.09. The second-order valence-corrected chi connectivity index (χ2v) is 8.87.